The molecular formula is C14H23NO2S. The molecule has 18 heavy (non-hydrogen) atoms. The predicted molar refractivity (Wildman–Crippen MR) is 75.8 cm³/mol. The number of allylic oxidation sites excluding steroid dienone is 2. The number of nitrogens with one attached hydrogen (secondary N) is 1. The summed E-state index contributed by atoms with van der Waals surface area (Å²) < 4.78 is 5.33. The van der Waals surface area contributed by atoms with Gasteiger partial charge in [-0.2, -0.15) is 11.8 Å². The Hall–Kier alpha value is -0.480. The zero-order valence-corrected chi connectivity index (χ0v) is 11.7. The van der Waals surface area contributed by atoms with Crippen molar-refractivity contribution >= 4 is 17.7 Å². The summed E-state index contributed by atoms with van der Waals surface area (Å²) in [6.07, 6.45) is 9.59. The number of carbonyl (C=O) groups is 1. The second kappa shape index (κ2) is 7.85. The molecule has 2 rings (SSSR count). The zero-order chi connectivity index (χ0) is 12.6. The number of hydrogen-bond donors (Lipinski definition) is 1. The van der Waals surface area contributed by atoms with Crippen LogP contribution < -0.4 is 5.32 Å². The Morgan fingerprint density at radius 1 is 1.28 bits per heavy atom. The lowest BCUT2D eigenvalue weighted by Crippen LogP contribution is -2.33. The Morgan fingerprint density at radius 3 is 2.83 bits per heavy atom. The average Bonchev–Trinajstić information content (AvgIpc) is 2.45. The standard InChI is InChI=1S/C14H23NO2S/c16-14(12-4-2-1-3-5-12)15-8-11-18-13-6-9-17-10-7-13/h1-2,12-13H,3-11H2,(H,15,16). The summed E-state index contributed by atoms with van der Waals surface area (Å²) in [6, 6.07) is 0. The first-order valence-electron chi connectivity index (χ1n) is 6.98. The molecule has 102 valence electrons. The summed E-state index contributed by atoms with van der Waals surface area (Å²) in [5.74, 6) is 1.48. The number of ether oxygens (including phenoxy) is 1. The predicted octanol–water partition coefficient (Wildman–Crippen LogP) is 2.37. The zero-order valence-electron chi connectivity index (χ0n) is 10.9. The van der Waals surface area contributed by atoms with E-state index < -0.39 is 0 Å². The molecule has 0 aromatic carbocycles. The van der Waals surface area contributed by atoms with Crippen molar-refractivity contribution < 1.29 is 9.53 Å². The van der Waals surface area contributed by atoms with Gasteiger partial charge in [0.2, 0.25) is 5.91 Å². The smallest absolute Gasteiger partial charge is 0.223 e. The molecule has 0 saturated carbocycles. The highest BCUT2D eigenvalue weighted by atomic mass is 32.2. The van der Waals surface area contributed by atoms with Gasteiger partial charge in [-0.15, -0.1) is 0 Å². The van der Waals surface area contributed by atoms with Gasteiger partial charge in [0.1, 0.15) is 0 Å². The average molecular weight is 269 g/mol. The molecule has 0 bridgehead atoms. The fourth-order valence-corrected chi connectivity index (χ4v) is 3.50. The monoisotopic (exact) mass is 269 g/mol. The van der Waals surface area contributed by atoms with Crippen molar-refractivity contribution in [2.24, 2.45) is 5.92 Å². The van der Waals surface area contributed by atoms with E-state index in [1.165, 1.54) is 0 Å². The Morgan fingerprint density at radius 2 is 2.11 bits per heavy atom. The minimum Gasteiger partial charge on any atom is -0.381 e. The summed E-state index contributed by atoms with van der Waals surface area (Å²) in [7, 11) is 0. The van der Waals surface area contributed by atoms with Crippen LogP contribution in [0, 0.1) is 5.92 Å². The molecule has 0 spiro atoms. The van der Waals surface area contributed by atoms with Crippen LogP contribution in [-0.2, 0) is 9.53 Å². The highest BCUT2D eigenvalue weighted by Crippen LogP contribution is 2.21. The SMILES string of the molecule is O=C(NCCSC1CCOCC1)C1CC=CCC1. The van der Waals surface area contributed by atoms with Crippen LogP contribution in [0.2, 0.25) is 0 Å². The third kappa shape index (κ3) is 4.65. The first-order valence-corrected chi connectivity index (χ1v) is 8.03. The lowest BCUT2D eigenvalue weighted by atomic mass is 9.94. The van der Waals surface area contributed by atoms with E-state index in [0.717, 1.165) is 62.9 Å². The van der Waals surface area contributed by atoms with Crippen LogP contribution in [0.25, 0.3) is 0 Å². The van der Waals surface area contributed by atoms with E-state index in [4.69, 9.17) is 4.74 Å². The highest BCUT2D eigenvalue weighted by molar-refractivity contribution is 7.99. The number of thioether (sulfide) groups is 1. The summed E-state index contributed by atoms with van der Waals surface area (Å²) in [5, 5.41) is 3.80. The van der Waals surface area contributed by atoms with E-state index in [1.54, 1.807) is 0 Å². The molecule has 0 aromatic heterocycles. The normalized spacial score (nSPS) is 25.0. The fraction of sp³-hybridized carbons (Fsp3) is 0.786. The lowest BCUT2D eigenvalue weighted by molar-refractivity contribution is -0.125. The van der Waals surface area contributed by atoms with Gasteiger partial charge in [0, 0.05) is 36.7 Å². The maximum Gasteiger partial charge on any atom is 0.223 e. The maximum absolute atomic E-state index is 11.9. The van der Waals surface area contributed by atoms with Crippen molar-refractivity contribution in [3.8, 4) is 0 Å². The van der Waals surface area contributed by atoms with Crippen molar-refractivity contribution in [1.29, 1.82) is 0 Å². The van der Waals surface area contributed by atoms with E-state index in [-0.39, 0.29) is 11.8 Å². The lowest BCUT2D eigenvalue weighted by Gasteiger charge is -2.22. The quantitative estimate of drug-likeness (QED) is 0.615. The number of amides is 1. The molecule has 1 heterocycles. The van der Waals surface area contributed by atoms with Crippen molar-refractivity contribution in [3.05, 3.63) is 12.2 Å². The largest absolute Gasteiger partial charge is 0.381 e. The van der Waals surface area contributed by atoms with E-state index >= 15 is 0 Å². The van der Waals surface area contributed by atoms with Gasteiger partial charge >= 0.3 is 0 Å². The summed E-state index contributed by atoms with van der Waals surface area (Å²) in [4.78, 5) is 11.9. The third-order valence-electron chi connectivity index (χ3n) is 3.56. The molecule has 2 aliphatic rings. The first kappa shape index (κ1) is 13.9. The Kier molecular flexibility index (Phi) is 6.08. The van der Waals surface area contributed by atoms with E-state index in [9.17, 15) is 4.79 Å². The Labute approximate surface area is 114 Å². The van der Waals surface area contributed by atoms with Gasteiger partial charge in [-0.3, -0.25) is 4.79 Å². The van der Waals surface area contributed by atoms with Gasteiger partial charge in [0.15, 0.2) is 0 Å². The van der Waals surface area contributed by atoms with Gasteiger partial charge in [-0.1, -0.05) is 12.2 Å². The van der Waals surface area contributed by atoms with Crippen LogP contribution in [0.3, 0.4) is 0 Å². The first-order chi connectivity index (χ1) is 8.86. The maximum atomic E-state index is 11.9. The van der Waals surface area contributed by atoms with Gasteiger partial charge in [0.05, 0.1) is 0 Å². The van der Waals surface area contributed by atoms with Gasteiger partial charge in [-0.05, 0) is 32.1 Å². The summed E-state index contributed by atoms with van der Waals surface area (Å²) >= 11 is 1.98. The number of rotatable bonds is 5. The van der Waals surface area contributed by atoms with Crippen LogP contribution in [-0.4, -0.2) is 36.7 Å². The van der Waals surface area contributed by atoms with Crippen LogP contribution >= 0.6 is 11.8 Å². The van der Waals surface area contributed by atoms with E-state index in [2.05, 4.69) is 17.5 Å². The van der Waals surface area contributed by atoms with Crippen LogP contribution in [0.15, 0.2) is 12.2 Å². The highest BCUT2D eigenvalue weighted by Gasteiger charge is 2.18. The van der Waals surface area contributed by atoms with Crippen molar-refractivity contribution in [2.75, 3.05) is 25.5 Å². The Balaban J connectivity index is 1.54. The van der Waals surface area contributed by atoms with Crippen molar-refractivity contribution in [2.45, 2.75) is 37.4 Å². The fourth-order valence-electron chi connectivity index (χ4n) is 2.42. The van der Waals surface area contributed by atoms with Gasteiger partial charge in [-0.25, -0.2) is 0 Å². The molecule has 0 radical (unpaired) electrons. The molecule has 1 N–H and O–H groups in total. The molecule has 1 atom stereocenters. The molecule has 1 fully saturated rings. The molecule has 1 saturated heterocycles. The molecule has 1 unspecified atom stereocenters. The van der Waals surface area contributed by atoms with Crippen molar-refractivity contribution in [1.82, 2.24) is 5.32 Å². The number of carbonyl (C=O) groups excluding carboxylic acids is 1. The van der Waals surface area contributed by atoms with Crippen LogP contribution in [0.1, 0.15) is 32.1 Å². The third-order valence-corrected chi connectivity index (χ3v) is 4.95. The minimum atomic E-state index is 0.211. The molecule has 3 nitrogen and oxygen atoms in total. The second-order valence-electron chi connectivity index (χ2n) is 4.95. The Bertz CT molecular complexity index is 288. The molecule has 1 amide bonds. The summed E-state index contributed by atoms with van der Waals surface area (Å²) in [6.45, 7) is 2.61. The minimum absolute atomic E-state index is 0.211. The molecule has 4 heteroatoms. The molecule has 1 aliphatic heterocycles. The topological polar surface area (TPSA) is 38.3 Å². The van der Waals surface area contributed by atoms with Crippen molar-refractivity contribution in [3.63, 3.8) is 0 Å². The van der Waals surface area contributed by atoms with E-state index in [0.29, 0.717) is 0 Å². The van der Waals surface area contributed by atoms with Crippen LogP contribution in [0.5, 0.6) is 0 Å². The molecule has 1 aliphatic carbocycles. The van der Waals surface area contributed by atoms with Gasteiger partial charge < -0.3 is 10.1 Å². The van der Waals surface area contributed by atoms with E-state index in [1.807, 2.05) is 11.8 Å². The van der Waals surface area contributed by atoms with Gasteiger partial charge in [0.25, 0.3) is 0 Å². The molecular weight excluding hydrogens is 246 g/mol. The second-order valence-corrected chi connectivity index (χ2v) is 6.36. The van der Waals surface area contributed by atoms with Crippen LogP contribution in [0.4, 0.5) is 0 Å². The number of hydrogen-bond acceptors (Lipinski definition) is 3. The summed E-state index contributed by atoms with van der Waals surface area (Å²) in [5.41, 5.74) is 0. The molecule has 0 aromatic rings.